The van der Waals surface area contributed by atoms with Crippen LogP contribution in [0.25, 0.3) is 21.9 Å². The summed E-state index contributed by atoms with van der Waals surface area (Å²) in [5, 5.41) is 2.05. The summed E-state index contributed by atoms with van der Waals surface area (Å²) in [6, 6.07) is 8.58. The van der Waals surface area contributed by atoms with Crippen LogP contribution in [0.5, 0.6) is 5.75 Å². The molecule has 0 radical (unpaired) electrons. The molecule has 0 spiro atoms. The average molecular weight is 589 g/mol. The van der Waals surface area contributed by atoms with Crippen molar-refractivity contribution in [3.8, 4) is 5.75 Å². The molecule has 4 aromatic rings. The molecule has 1 N–H and O–H groups in total. The highest BCUT2D eigenvalue weighted by molar-refractivity contribution is 7.89. The van der Waals surface area contributed by atoms with Crippen LogP contribution in [0.2, 0.25) is 0 Å². The lowest BCUT2D eigenvalue weighted by atomic mass is 10.0. The molecule has 218 valence electrons. The number of sulfonamides is 1. The molecule has 1 aromatic carbocycles. The van der Waals surface area contributed by atoms with Gasteiger partial charge in [-0.05, 0) is 49.2 Å². The van der Waals surface area contributed by atoms with Gasteiger partial charge in [0, 0.05) is 74.0 Å². The van der Waals surface area contributed by atoms with E-state index in [0.29, 0.717) is 57.1 Å². The van der Waals surface area contributed by atoms with Crippen LogP contribution in [-0.4, -0.2) is 84.3 Å². The number of benzene rings is 1. The Labute approximate surface area is 236 Å². The fourth-order valence-electron chi connectivity index (χ4n) is 5.70. The quantitative estimate of drug-likeness (QED) is 0.344. The Kier molecular flexibility index (Phi) is 7.51. The van der Waals surface area contributed by atoms with Crippen molar-refractivity contribution in [2.75, 3.05) is 56.7 Å². The van der Waals surface area contributed by atoms with Crippen molar-refractivity contribution in [3.05, 3.63) is 60.6 Å². The SMILES string of the molecule is O=S(=O)(CN1CCN(c2cc[nH]c3cnc4nccc4c23)CC1)N1CCCC(COc2ccc(C(F)(F)F)cc2)C1. The number of rotatable bonds is 7. The maximum atomic E-state index is 13.4. The number of halogens is 3. The number of nitrogens with one attached hydrogen (secondary N) is 1. The monoisotopic (exact) mass is 588 g/mol. The van der Waals surface area contributed by atoms with Crippen LogP contribution in [0.15, 0.2) is 55.0 Å². The van der Waals surface area contributed by atoms with Crippen molar-refractivity contribution in [3.63, 3.8) is 0 Å². The van der Waals surface area contributed by atoms with Crippen LogP contribution in [0.3, 0.4) is 0 Å². The van der Waals surface area contributed by atoms with Gasteiger partial charge in [0.25, 0.3) is 0 Å². The molecule has 6 rings (SSSR count). The number of ether oxygens (including phenoxy) is 1. The van der Waals surface area contributed by atoms with E-state index < -0.39 is 21.8 Å². The number of aromatic amines is 1. The van der Waals surface area contributed by atoms with E-state index in [4.69, 9.17) is 4.74 Å². The minimum atomic E-state index is -4.40. The standard InChI is InChI=1S/C28H31F3N6O3S/c29-28(30,31)21-3-5-22(6-4-21)40-18-20-2-1-11-37(17-20)41(38,39)19-35-12-14-36(15-13-35)25-8-10-32-24-16-34-27-23(26(24)25)7-9-33-27/h3-10,16,20,32H,1-2,11-15,17-19H2. The summed E-state index contributed by atoms with van der Waals surface area (Å²) in [6.07, 6.45) is 2.55. The predicted molar refractivity (Wildman–Crippen MR) is 150 cm³/mol. The Morgan fingerprint density at radius 3 is 2.54 bits per heavy atom. The van der Waals surface area contributed by atoms with E-state index in [1.54, 1.807) is 12.4 Å². The lowest BCUT2D eigenvalue weighted by Gasteiger charge is -2.38. The first-order valence-corrected chi connectivity index (χ1v) is 15.2. The summed E-state index contributed by atoms with van der Waals surface area (Å²) in [5.74, 6) is 0.266. The van der Waals surface area contributed by atoms with Gasteiger partial charge in [-0.3, -0.25) is 4.90 Å². The Balaban J connectivity index is 1.04. The van der Waals surface area contributed by atoms with E-state index in [-0.39, 0.29) is 18.4 Å². The molecule has 2 fully saturated rings. The first kappa shape index (κ1) is 27.7. The van der Waals surface area contributed by atoms with Crippen molar-refractivity contribution in [2.24, 2.45) is 5.92 Å². The fraction of sp³-hybridized carbons (Fsp3) is 0.429. The number of piperazine rings is 1. The van der Waals surface area contributed by atoms with E-state index in [1.165, 1.54) is 16.4 Å². The summed E-state index contributed by atoms with van der Waals surface area (Å²) in [6.45, 7) is 3.66. The summed E-state index contributed by atoms with van der Waals surface area (Å²) < 4.78 is 72.4. The molecular weight excluding hydrogens is 557 g/mol. The molecule has 2 aliphatic rings. The van der Waals surface area contributed by atoms with Gasteiger partial charge < -0.3 is 14.6 Å². The molecule has 0 saturated carbocycles. The molecule has 0 amide bonds. The number of aromatic nitrogens is 3. The number of piperidine rings is 1. The Morgan fingerprint density at radius 2 is 1.78 bits per heavy atom. The Morgan fingerprint density at radius 1 is 1.00 bits per heavy atom. The summed E-state index contributed by atoms with van der Waals surface area (Å²) in [4.78, 5) is 16.3. The second kappa shape index (κ2) is 11.1. The van der Waals surface area contributed by atoms with Crippen LogP contribution in [-0.2, 0) is 16.2 Å². The fourth-order valence-corrected chi connectivity index (χ4v) is 7.43. The van der Waals surface area contributed by atoms with Crippen molar-refractivity contribution in [2.45, 2.75) is 19.0 Å². The third-order valence-electron chi connectivity index (χ3n) is 7.87. The van der Waals surface area contributed by atoms with Crippen molar-refractivity contribution >= 4 is 37.6 Å². The zero-order valence-electron chi connectivity index (χ0n) is 22.3. The van der Waals surface area contributed by atoms with Gasteiger partial charge >= 0.3 is 6.18 Å². The lowest BCUT2D eigenvalue weighted by molar-refractivity contribution is -0.137. The topological polar surface area (TPSA) is 94.7 Å². The van der Waals surface area contributed by atoms with Crippen LogP contribution in [0, 0.1) is 5.92 Å². The second-order valence-electron chi connectivity index (χ2n) is 10.6. The largest absolute Gasteiger partial charge is 0.493 e. The molecule has 0 aliphatic carbocycles. The highest BCUT2D eigenvalue weighted by Crippen LogP contribution is 2.32. The van der Waals surface area contributed by atoms with E-state index in [2.05, 4.69) is 19.9 Å². The van der Waals surface area contributed by atoms with Gasteiger partial charge in [0.15, 0.2) is 5.65 Å². The molecule has 41 heavy (non-hydrogen) atoms. The molecule has 3 aromatic heterocycles. The van der Waals surface area contributed by atoms with Crippen molar-refractivity contribution in [1.82, 2.24) is 24.2 Å². The molecule has 1 unspecified atom stereocenters. The second-order valence-corrected chi connectivity index (χ2v) is 12.6. The summed E-state index contributed by atoms with van der Waals surface area (Å²) in [5.41, 5.74) is 1.97. The van der Waals surface area contributed by atoms with Crippen LogP contribution in [0.1, 0.15) is 18.4 Å². The number of nitrogens with zero attached hydrogens (tertiary/aromatic N) is 5. The van der Waals surface area contributed by atoms with E-state index in [0.717, 1.165) is 40.5 Å². The summed E-state index contributed by atoms with van der Waals surface area (Å²) in [7, 11) is -3.52. The van der Waals surface area contributed by atoms with E-state index in [9.17, 15) is 21.6 Å². The zero-order chi connectivity index (χ0) is 28.6. The minimum Gasteiger partial charge on any atom is -0.493 e. The number of fused-ring (bicyclic) bond motifs is 3. The number of hydrogen-bond donors (Lipinski definition) is 1. The van der Waals surface area contributed by atoms with Crippen LogP contribution in [0.4, 0.5) is 18.9 Å². The average Bonchev–Trinajstić information content (AvgIpc) is 3.45. The first-order valence-electron chi connectivity index (χ1n) is 13.6. The van der Waals surface area contributed by atoms with Crippen LogP contribution >= 0.6 is 0 Å². The molecule has 0 bridgehead atoms. The highest BCUT2D eigenvalue weighted by atomic mass is 32.2. The Hall–Kier alpha value is -3.42. The van der Waals surface area contributed by atoms with Gasteiger partial charge in [0.2, 0.25) is 10.0 Å². The number of anilines is 1. The smallest absolute Gasteiger partial charge is 0.416 e. The molecule has 9 nitrogen and oxygen atoms in total. The van der Waals surface area contributed by atoms with Gasteiger partial charge in [-0.15, -0.1) is 0 Å². The number of hydrogen-bond acceptors (Lipinski definition) is 7. The van der Waals surface area contributed by atoms with E-state index >= 15 is 0 Å². The van der Waals surface area contributed by atoms with Crippen molar-refractivity contribution < 1.29 is 26.3 Å². The highest BCUT2D eigenvalue weighted by Gasteiger charge is 2.33. The number of pyridine rings is 2. The molecule has 2 aliphatic heterocycles. The number of alkyl halides is 3. The van der Waals surface area contributed by atoms with E-state index in [1.807, 2.05) is 23.2 Å². The summed E-state index contributed by atoms with van der Waals surface area (Å²) >= 11 is 0. The molecule has 13 heteroatoms. The minimum absolute atomic E-state index is 0.0298. The van der Waals surface area contributed by atoms with Gasteiger partial charge in [-0.2, -0.15) is 13.2 Å². The maximum absolute atomic E-state index is 13.4. The Bertz CT molecular complexity index is 1620. The van der Waals surface area contributed by atoms with Crippen LogP contribution < -0.4 is 9.64 Å². The molecule has 5 heterocycles. The van der Waals surface area contributed by atoms with Gasteiger partial charge in [0.05, 0.1) is 23.9 Å². The molecule has 2 saturated heterocycles. The first-order chi connectivity index (χ1) is 19.7. The predicted octanol–water partition coefficient (Wildman–Crippen LogP) is 4.33. The van der Waals surface area contributed by atoms with Crippen molar-refractivity contribution in [1.29, 1.82) is 0 Å². The molecular formula is C28H31F3N6O3S. The maximum Gasteiger partial charge on any atom is 0.416 e. The third-order valence-corrected chi connectivity index (χ3v) is 9.68. The zero-order valence-corrected chi connectivity index (χ0v) is 23.2. The normalized spacial score (nSPS) is 19.7. The number of H-pyrrole nitrogens is 1. The molecule has 1 atom stereocenters. The van der Waals surface area contributed by atoms with Gasteiger partial charge in [0.1, 0.15) is 11.6 Å². The third kappa shape index (κ3) is 5.97. The van der Waals surface area contributed by atoms with Gasteiger partial charge in [-0.1, -0.05) is 0 Å². The lowest BCUT2D eigenvalue weighted by Crippen LogP contribution is -2.51. The van der Waals surface area contributed by atoms with Gasteiger partial charge in [-0.25, -0.2) is 22.7 Å².